The number of hydrogen-bond acceptors (Lipinski definition) is 1. The van der Waals surface area contributed by atoms with Crippen LogP contribution < -0.4 is 0 Å². The third-order valence-electron chi connectivity index (χ3n) is 2.51. The molecule has 2 aromatic rings. The predicted molar refractivity (Wildman–Crippen MR) is 64.3 cm³/mol. The first-order valence-corrected chi connectivity index (χ1v) is 6.34. The van der Waals surface area contributed by atoms with Crippen LogP contribution in [0.3, 0.4) is 0 Å². The summed E-state index contributed by atoms with van der Waals surface area (Å²) in [4.78, 5) is 1.34. The van der Waals surface area contributed by atoms with E-state index < -0.39 is 0 Å². The van der Waals surface area contributed by atoms with Gasteiger partial charge in [-0.25, -0.2) is 4.36 Å². The Hall–Kier alpha value is -1.41. The average Bonchev–Trinajstić information content (AvgIpc) is 2.74. The molecule has 0 radical (unpaired) electrons. The predicted octanol–water partition coefficient (Wildman–Crippen LogP) is 3.69. The van der Waals surface area contributed by atoms with Crippen LogP contribution >= 0.6 is 0 Å². The molecular weight excluding hydrogens is 202 g/mol. The van der Waals surface area contributed by atoms with E-state index in [2.05, 4.69) is 54.6 Å². The zero-order chi connectivity index (χ0) is 10.1. The van der Waals surface area contributed by atoms with E-state index in [0.29, 0.717) is 0 Å². The van der Waals surface area contributed by atoms with E-state index in [4.69, 9.17) is 4.36 Å². The second-order valence-corrected chi connectivity index (χ2v) is 5.21. The summed E-state index contributed by atoms with van der Waals surface area (Å²) in [5.41, 5.74) is 2.55. The van der Waals surface area contributed by atoms with Crippen molar-refractivity contribution in [2.45, 2.75) is 10.6 Å². The maximum Gasteiger partial charge on any atom is 0.0748 e. The summed E-state index contributed by atoms with van der Waals surface area (Å²) < 4.78 is 4.75. The Balaban J connectivity index is 2.02. The molecule has 1 atom stereocenters. The number of benzene rings is 2. The Labute approximate surface area is 91.9 Å². The van der Waals surface area contributed by atoms with Crippen LogP contribution in [0.15, 0.2) is 63.9 Å². The van der Waals surface area contributed by atoms with Gasteiger partial charge in [0.25, 0.3) is 0 Å². The second kappa shape index (κ2) is 3.63. The van der Waals surface area contributed by atoms with Gasteiger partial charge in [-0.3, -0.25) is 0 Å². The van der Waals surface area contributed by atoms with E-state index in [-0.39, 0.29) is 10.7 Å². The van der Waals surface area contributed by atoms with Crippen LogP contribution in [0.2, 0.25) is 0 Å². The van der Waals surface area contributed by atoms with Crippen molar-refractivity contribution in [2.24, 2.45) is 4.36 Å². The van der Waals surface area contributed by atoms with Gasteiger partial charge in [0, 0.05) is 10.6 Å². The monoisotopic (exact) mass is 213 g/mol. The van der Waals surface area contributed by atoms with Gasteiger partial charge >= 0.3 is 0 Å². The first kappa shape index (κ1) is 8.86. The van der Waals surface area contributed by atoms with Crippen molar-refractivity contribution in [1.29, 1.82) is 0 Å². The highest BCUT2D eigenvalue weighted by atomic mass is 32.2. The summed E-state index contributed by atoms with van der Waals surface area (Å²) in [6.07, 6.45) is 0. The van der Waals surface area contributed by atoms with Crippen LogP contribution in [0, 0.1) is 0 Å². The number of rotatable bonds is 1. The number of hydrogen-bond donors (Lipinski definition) is 0. The van der Waals surface area contributed by atoms with Crippen LogP contribution in [0.5, 0.6) is 0 Å². The van der Waals surface area contributed by atoms with Gasteiger partial charge in [-0.05, 0) is 23.8 Å². The molecule has 3 rings (SSSR count). The Bertz CT molecular complexity index is 517. The molecular formula is C13H11NS. The molecule has 2 aromatic carbocycles. The van der Waals surface area contributed by atoms with Crippen molar-refractivity contribution in [2.75, 3.05) is 0 Å². The SMILES string of the molecule is c1ccc(S2=Nc3ccccc3C2)cc1. The fourth-order valence-electron chi connectivity index (χ4n) is 1.73. The standard InChI is InChI=1S/C13H11NS/c1-2-7-12(8-3-1)15-10-11-6-4-5-9-13(11)14-15/h1-9H,10H2. The molecule has 2 heteroatoms. The van der Waals surface area contributed by atoms with Crippen LogP contribution in [0.4, 0.5) is 5.69 Å². The summed E-state index contributed by atoms with van der Waals surface area (Å²) >= 11 is 0. The van der Waals surface area contributed by atoms with Gasteiger partial charge in [-0.15, -0.1) is 0 Å². The minimum atomic E-state index is 0.0378. The molecule has 74 valence electrons. The van der Waals surface area contributed by atoms with E-state index in [1.54, 1.807) is 0 Å². The van der Waals surface area contributed by atoms with Crippen molar-refractivity contribution >= 4 is 16.4 Å². The molecule has 1 aliphatic rings. The van der Waals surface area contributed by atoms with Crippen molar-refractivity contribution < 1.29 is 0 Å². The molecule has 1 unspecified atom stereocenters. The third kappa shape index (κ3) is 1.61. The molecule has 0 N–H and O–H groups in total. The Morgan fingerprint density at radius 3 is 2.40 bits per heavy atom. The quantitative estimate of drug-likeness (QED) is 0.685. The highest BCUT2D eigenvalue weighted by Crippen LogP contribution is 2.31. The summed E-state index contributed by atoms with van der Waals surface area (Å²) in [6.45, 7) is 0. The van der Waals surface area contributed by atoms with Gasteiger partial charge in [0.05, 0.1) is 5.69 Å². The van der Waals surface area contributed by atoms with E-state index >= 15 is 0 Å². The van der Waals surface area contributed by atoms with Gasteiger partial charge in [-0.1, -0.05) is 47.1 Å². The summed E-state index contributed by atoms with van der Waals surface area (Å²) in [6, 6.07) is 19.0. The molecule has 1 heterocycles. The Kier molecular flexibility index (Phi) is 2.14. The second-order valence-electron chi connectivity index (χ2n) is 3.54. The van der Waals surface area contributed by atoms with Crippen molar-refractivity contribution in [3.05, 3.63) is 60.2 Å². The van der Waals surface area contributed by atoms with Crippen LogP contribution in [0.1, 0.15) is 5.56 Å². The molecule has 0 saturated carbocycles. The lowest BCUT2D eigenvalue weighted by atomic mass is 10.2. The van der Waals surface area contributed by atoms with Crippen LogP contribution in [-0.4, -0.2) is 0 Å². The lowest BCUT2D eigenvalue weighted by Gasteiger charge is -2.00. The molecule has 0 aromatic heterocycles. The van der Waals surface area contributed by atoms with Gasteiger partial charge < -0.3 is 0 Å². The van der Waals surface area contributed by atoms with Crippen LogP contribution in [-0.2, 0) is 16.4 Å². The molecule has 0 saturated heterocycles. The molecule has 0 amide bonds. The van der Waals surface area contributed by atoms with E-state index in [0.717, 1.165) is 5.75 Å². The highest BCUT2D eigenvalue weighted by molar-refractivity contribution is 7.87. The zero-order valence-electron chi connectivity index (χ0n) is 8.26. The van der Waals surface area contributed by atoms with Gasteiger partial charge in [0.1, 0.15) is 0 Å². The molecule has 0 fully saturated rings. The minimum Gasteiger partial charge on any atom is -0.223 e. The van der Waals surface area contributed by atoms with E-state index in [9.17, 15) is 0 Å². The van der Waals surface area contributed by atoms with Gasteiger partial charge in [-0.2, -0.15) is 0 Å². The van der Waals surface area contributed by atoms with Crippen LogP contribution in [0.25, 0.3) is 0 Å². The maximum atomic E-state index is 4.75. The summed E-state index contributed by atoms with van der Waals surface area (Å²) in [5.74, 6) is 1.07. The number of fused-ring (bicyclic) bond motifs is 1. The van der Waals surface area contributed by atoms with Crippen molar-refractivity contribution in [1.82, 2.24) is 0 Å². The fraction of sp³-hybridized carbons (Fsp3) is 0.0769. The van der Waals surface area contributed by atoms with E-state index in [1.807, 2.05) is 0 Å². The first-order valence-electron chi connectivity index (χ1n) is 4.99. The minimum absolute atomic E-state index is 0.0378. The topological polar surface area (TPSA) is 12.4 Å². The highest BCUT2D eigenvalue weighted by Gasteiger charge is 2.13. The largest absolute Gasteiger partial charge is 0.223 e. The summed E-state index contributed by atoms with van der Waals surface area (Å²) in [5, 5.41) is 0. The first-order chi connectivity index (χ1) is 7.43. The molecule has 15 heavy (non-hydrogen) atoms. The summed E-state index contributed by atoms with van der Waals surface area (Å²) in [7, 11) is 0.0378. The maximum absolute atomic E-state index is 4.75. The van der Waals surface area contributed by atoms with E-state index in [1.165, 1.54) is 16.1 Å². The zero-order valence-corrected chi connectivity index (χ0v) is 9.08. The fourth-order valence-corrected chi connectivity index (χ4v) is 3.50. The van der Waals surface area contributed by atoms with Crippen molar-refractivity contribution in [3.8, 4) is 0 Å². The normalized spacial score (nSPS) is 18.3. The lowest BCUT2D eigenvalue weighted by Crippen LogP contribution is -1.89. The molecule has 0 aliphatic carbocycles. The average molecular weight is 213 g/mol. The Morgan fingerprint density at radius 1 is 0.867 bits per heavy atom. The smallest absolute Gasteiger partial charge is 0.0748 e. The third-order valence-corrected chi connectivity index (χ3v) is 4.33. The number of nitrogens with zero attached hydrogens (tertiary/aromatic N) is 1. The van der Waals surface area contributed by atoms with Gasteiger partial charge in [0.15, 0.2) is 0 Å². The van der Waals surface area contributed by atoms with Crippen molar-refractivity contribution in [3.63, 3.8) is 0 Å². The molecule has 0 bridgehead atoms. The molecule has 1 nitrogen and oxygen atoms in total. The Morgan fingerprint density at radius 2 is 1.60 bits per heavy atom. The molecule has 1 aliphatic heterocycles. The lowest BCUT2D eigenvalue weighted by molar-refractivity contribution is 1.40. The van der Waals surface area contributed by atoms with Gasteiger partial charge in [0.2, 0.25) is 0 Å². The molecule has 0 spiro atoms.